The third kappa shape index (κ3) is 44.3. The summed E-state index contributed by atoms with van der Waals surface area (Å²) in [6.07, 6.45) is 45.6. The number of rotatable bonds is 45. The average molecular weight is 817 g/mol. The van der Waals surface area contributed by atoms with Crippen molar-refractivity contribution >= 4 is 13.8 Å². The number of unbranched alkanes of at least 4 members (excludes halogenated alkanes) is 29. The Morgan fingerprint density at radius 3 is 1.43 bits per heavy atom. The van der Waals surface area contributed by atoms with E-state index in [-0.39, 0.29) is 25.8 Å². The fourth-order valence-corrected chi connectivity index (χ4v) is 7.59. The van der Waals surface area contributed by atoms with Gasteiger partial charge in [0.25, 0.3) is 0 Å². The van der Waals surface area contributed by atoms with E-state index in [2.05, 4.69) is 26.0 Å². The number of quaternary nitrogens is 1. The zero-order valence-electron chi connectivity index (χ0n) is 37.9. The number of nitrogens with zero attached hydrogens (tertiary/aromatic N) is 1. The molecule has 1 N–H and O–H groups in total. The van der Waals surface area contributed by atoms with Crippen LogP contribution >= 0.6 is 7.82 Å². The molecule has 56 heavy (non-hydrogen) atoms. The van der Waals surface area contributed by atoms with Crippen LogP contribution in [0.4, 0.5) is 0 Å². The molecule has 0 aromatic carbocycles. The van der Waals surface area contributed by atoms with Crippen molar-refractivity contribution in [3.05, 3.63) is 12.2 Å². The molecule has 0 fully saturated rings. The summed E-state index contributed by atoms with van der Waals surface area (Å²) in [6, 6.07) is 0. The molecule has 0 spiro atoms. The normalized spacial score (nSPS) is 13.8. The fourth-order valence-electron chi connectivity index (χ4n) is 6.85. The van der Waals surface area contributed by atoms with Crippen LogP contribution in [0.2, 0.25) is 0 Å². The van der Waals surface area contributed by atoms with Gasteiger partial charge in [-0.3, -0.25) is 13.8 Å². The molecule has 9 heteroatoms. The Morgan fingerprint density at radius 2 is 0.964 bits per heavy atom. The molecule has 2 atom stereocenters. The van der Waals surface area contributed by atoms with Gasteiger partial charge >= 0.3 is 13.8 Å². The van der Waals surface area contributed by atoms with Crippen LogP contribution in [0.5, 0.6) is 0 Å². The van der Waals surface area contributed by atoms with Crippen molar-refractivity contribution in [2.45, 2.75) is 232 Å². The van der Waals surface area contributed by atoms with Gasteiger partial charge in [-0.25, -0.2) is 4.57 Å². The van der Waals surface area contributed by atoms with E-state index in [1.165, 1.54) is 154 Å². The van der Waals surface area contributed by atoms with Gasteiger partial charge in [0.15, 0.2) is 0 Å². The van der Waals surface area contributed by atoms with Gasteiger partial charge in [0, 0.05) is 13.0 Å². The van der Waals surface area contributed by atoms with Gasteiger partial charge in [0.05, 0.1) is 34.4 Å². The Hall–Kier alpha value is -0.760. The van der Waals surface area contributed by atoms with Crippen LogP contribution in [-0.2, 0) is 27.9 Å². The van der Waals surface area contributed by atoms with Gasteiger partial charge in [0.2, 0.25) is 0 Å². The number of esters is 1. The lowest BCUT2D eigenvalue weighted by Gasteiger charge is -2.24. The molecular weight excluding hydrogens is 721 g/mol. The number of carbonyl (C=O) groups is 1. The predicted octanol–water partition coefficient (Wildman–Crippen LogP) is 14.2. The van der Waals surface area contributed by atoms with Crippen LogP contribution in [0.15, 0.2) is 12.2 Å². The van der Waals surface area contributed by atoms with E-state index >= 15 is 0 Å². The van der Waals surface area contributed by atoms with Crippen LogP contribution in [0, 0.1) is 0 Å². The molecule has 0 aromatic heterocycles. The highest BCUT2D eigenvalue weighted by Crippen LogP contribution is 2.43. The summed E-state index contributed by atoms with van der Waals surface area (Å²) in [7, 11) is 1.67. The van der Waals surface area contributed by atoms with Crippen molar-refractivity contribution in [2.75, 3.05) is 54.1 Å². The molecule has 0 saturated heterocycles. The van der Waals surface area contributed by atoms with Crippen molar-refractivity contribution in [1.29, 1.82) is 0 Å². The van der Waals surface area contributed by atoms with Crippen LogP contribution in [0.25, 0.3) is 0 Å². The Kier molecular flexibility index (Phi) is 40.4. The van der Waals surface area contributed by atoms with Crippen LogP contribution in [-0.4, -0.2) is 75.6 Å². The molecule has 0 saturated carbocycles. The van der Waals surface area contributed by atoms with Crippen LogP contribution in [0.3, 0.4) is 0 Å². The number of allylic oxidation sites excluding steroid dienone is 2. The minimum atomic E-state index is -4.27. The van der Waals surface area contributed by atoms with Crippen LogP contribution < -0.4 is 0 Å². The summed E-state index contributed by atoms with van der Waals surface area (Å²) < 4.78 is 35.0. The van der Waals surface area contributed by atoms with Gasteiger partial charge in [-0.2, -0.15) is 0 Å². The maximum absolute atomic E-state index is 12.6. The average Bonchev–Trinajstić information content (AvgIpc) is 3.15. The monoisotopic (exact) mass is 817 g/mol. The summed E-state index contributed by atoms with van der Waals surface area (Å²) in [6.45, 7) is 5.59. The largest absolute Gasteiger partial charge is 0.472 e. The second kappa shape index (κ2) is 41.0. The molecule has 0 amide bonds. The minimum Gasteiger partial charge on any atom is -0.457 e. The van der Waals surface area contributed by atoms with E-state index in [0.717, 1.165) is 51.4 Å². The third-order valence-electron chi connectivity index (χ3n) is 10.6. The van der Waals surface area contributed by atoms with Gasteiger partial charge in [-0.15, -0.1) is 0 Å². The van der Waals surface area contributed by atoms with Crippen LogP contribution in [0.1, 0.15) is 226 Å². The molecule has 8 nitrogen and oxygen atoms in total. The SMILES string of the molecule is CCC/C=C\CCCCCCCC(=O)OC(COCCCCCCCCCCCCCCCCCCCCCCCCCC)COP(=O)(O)OCC[N+](C)(C)C. The first-order chi connectivity index (χ1) is 27.1. The Morgan fingerprint density at radius 1 is 0.536 bits per heavy atom. The lowest BCUT2D eigenvalue weighted by Crippen LogP contribution is -2.37. The molecule has 0 aliphatic carbocycles. The second-order valence-electron chi connectivity index (χ2n) is 17.5. The highest BCUT2D eigenvalue weighted by atomic mass is 31.2. The van der Waals surface area contributed by atoms with Crippen molar-refractivity contribution in [3.8, 4) is 0 Å². The molecule has 0 rings (SSSR count). The number of likely N-dealkylation sites (N-methyl/N-ethyl adjacent to an activating group) is 1. The minimum absolute atomic E-state index is 0.0901. The van der Waals surface area contributed by atoms with Gasteiger partial charge in [-0.1, -0.05) is 199 Å². The molecule has 0 aliphatic rings. The number of phosphoric acid groups is 1. The van der Waals surface area contributed by atoms with E-state index in [4.69, 9.17) is 18.5 Å². The van der Waals surface area contributed by atoms with Crippen molar-refractivity contribution < 1.29 is 37.3 Å². The first-order valence-corrected chi connectivity index (χ1v) is 25.4. The summed E-state index contributed by atoms with van der Waals surface area (Å²) in [5.41, 5.74) is 0. The standard InChI is InChI=1S/C47H94NO7P/c1-6-8-10-12-14-16-18-19-20-21-22-23-24-25-26-27-28-29-30-31-33-35-37-39-42-52-44-46(45-54-56(50,51)53-43-41-48(3,4)5)55-47(49)40-38-36-34-32-17-15-13-11-9-7-2/h11,13,46H,6-10,12,14-45H2,1-5H3/p+1/b13-11-. The third-order valence-corrected chi connectivity index (χ3v) is 11.5. The number of hydrogen-bond acceptors (Lipinski definition) is 6. The molecule has 0 radical (unpaired) electrons. The second-order valence-corrected chi connectivity index (χ2v) is 19.0. The predicted molar refractivity (Wildman–Crippen MR) is 238 cm³/mol. The maximum Gasteiger partial charge on any atom is 0.472 e. The quantitative estimate of drug-likeness (QED) is 0.0215. The van der Waals surface area contributed by atoms with E-state index in [1.807, 2.05) is 21.1 Å². The molecular formula is C47H95NO7P+. The van der Waals surface area contributed by atoms with E-state index in [0.29, 0.717) is 24.1 Å². The fraction of sp³-hybridized carbons (Fsp3) is 0.936. The number of phosphoric ester groups is 1. The van der Waals surface area contributed by atoms with Crippen molar-refractivity contribution in [2.24, 2.45) is 0 Å². The van der Waals surface area contributed by atoms with E-state index in [9.17, 15) is 14.3 Å². The molecule has 0 aliphatic heterocycles. The topological polar surface area (TPSA) is 91.3 Å². The number of carbonyl (C=O) groups excluding carboxylic acids is 1. The maximum atomic E-state index is 12.6. The van der Waals surface area contributed by atoms with E-state index < -0.39 is 13.9 Å². The summed E-state index contributed by atoms with van der Waals surface area (Å²) in [5.74, 6) is -0.321. The highest BCUT2D eigenvalue weighted by molar-refractivity contribution is 7.47. The first kappa shape index (κ1) is 55.2. The van der Waals surface area contributed by atoms with Crippen molar-refractivity contribution in [1.82, 2.24) is 0 Å². The Labute approximate surface area is 348 Å². The summed E-state index contributed by atoms with van der Waals surface area (Å²) in [4.78, 5) is 22.8. The Balaban J connectivity index is 3.99. The highest BCUT2D eigenvalue weighted by Gasteiger charge is 2.26. The smallest absolute Gasteiger partial charge is 0.457 e. The zero-order chi connectivity index (χ0) is 41.3. The number of ether oxygens (including phenoxy) is 2. The van der Waals surface area contributed by atoms with E-state index in [1.54, 1.807) is 0 Å². The lowest BCUT2D eigenvalue weighted by atomic mass is 10.0. The van der Waals surface area contributed by atoms with Crippen molar-refractivity contribution in [3.63, 3.8) is 0 Å². The molecule has 0 bridgehead atoms. The molecule has 0 aromatic rings. The summed E-state index contributed by atoms with van der Waals surface area (Å²) in [5, 5.41) is 0. The summed E-state index contributed by atoms with van der Waals surface area (Å²) >= 11 is 0. The lowest BCUT2D eigenvalue weighted by molar-refractivity contribution is -0.870. The molecule has 2 unspecified atom stereocenters. The zero-order valence-corrected chi connectivity index (χ0v) is 38.8. The van der Waals surface area contributed by atoms with Gasteiger partial charge in [0.1, 0.15) is 19.3 Å². The molecule has 334 valence electrons. The Bertz CT molecular complexity index is 909. The number of hydrogen-bond donors (Lipinski definition) is 1. The van der Waals surface area contributed by atoms with Gasteiger partial charge < -0.3 is 18.9 Å². The first-order valence-electron chi connectivity index (χ1n) is 23.9. The van der Waals surface area contributed by atoms with Gasteiger partial charge in [-0.05, 0) is 32.1 Å². The molecule has 0 heterocycles.